The molecule has 7 heteroatoms. The lowest BCUT2D eigenvalue weighted by molar-refractivity contribution is 0.156. The van der Waals surface area contributed by atoms with Crippen molar-refractivity contribution in [2.45, 2.75) is 37.7 Å². The Morgan fingerprint density at radius 1 is 1.28 bits per heavy atom. The van der Waals surface area contributed by atoms with Gasteiger partial charge in [-0.3, -0.25) is 9.36 Å². The van der Waals surface area contributed by atoms with Crippen molar-refractivity contribution in [3.63, 3.8) is 0 Å². The van der Waals surface area contributed by atoms with Crippen LogP contribution in [0.2, 0.25) is 0 Å². The molecule has 0 aliphatic heterocycles. The van der Waals surface area contributed by atoms with Crippen LogP contribution in [0.4, 0.5) is 0 Å². The van der Waals surface area contributed by atoms with Gasteiger partial charge in [0.25, 0.3) is 5.56 Å². The fraction of sp³-hybridized carbons (Fsp3) is 0.389. The summed E-state index contributed by atoms with van der Waals surface area (Å²) >= 11 is 1.45. The van der Waals surface area contributed by atoms with Crippen LogP contribution in [-0.2, 0) is 10.5 Å². The molecule has 3 rings (SSSR count). The van der Waals surface area contributed by atoms with Crippen LogP contribution < -0.4 is 5.56 Å². The number of benzene rings is 1. The number of aromatic nitrogens is 3. The Bertz CT molecular complexity index is 929. The quantitative estimate of drug-likeness (QED) is 0.495. The van der Waals surface area contributed by atoms with E-state index in [0.29, 0.717) is 34.3 Å². The molecule has 25 heavy (non-hydrogen) atoms. The third-order valence-corrected chi connectivity index (χ3v) is 4.96. The van der Waals surface area contributed by atoms with Crippen molar-refractivity contribution >= 4 is 22.7 Å². The van der Waals surface area contributed by atoms with Crippen molar-refractivity contribution in [2.75, 3.05) is 13.7 Å². The molecular weight excluding hydrogens is 338 g/mol. The SMILES string of the molecule is COC[C@@H](C)n1c(SCc2nc(C)c(C)o2)nc2ccccc2c1=O. The van der Waals surface area contributed by atoms with Gasteiger partial charge in [-0.2, -0.15) is 0 Å². The first-order chi connectivity index (χ1) is 12.0. The lowest BCUT2D eigenvalue weighted by atomic mass is 10.2. The number of hydrogen-bond donors (Lipinski definition) is 0. The molecule has 0 unspecified atom stereocenters. The van der Waals surface area contributed by atoms with Crippen LogP contribution >= 0.6 is 11.8 Å². The zero-order valence-corrected chi connectivity index (χ0v) is 15.6. The highest BCUT2D eigenvalue weighted by Gasteiger charge is 2.17. The lowest BCUT2D eigenvalue weighted by Gasteiger charge is -2.18. The van der Waals surface area contributed by atoms with E-state index in [0.717, 1.165) is 11.5 Å². The molecule has 3 aromatic rings. The molecule has 6 nitrogen and oxygen atoms in total. The molecule has 0 amide bonds. The maximum atomic E-state index is 13.0. The molecule has 0 saturated carbocycles. The third kappa shape index (κ3) is 3.62. The number of hydrogen-bond acceptors (Lipinski definition) is 6. The monoisotopic (exact) mass is 359 g/mol. The molecule has 1 aromatic carbocycles. The molecule has 132 valence electrons. The van der Waals surface area contributed by atoms with Gasteiger partial charge in [0.2, 0.25) is 5.89 Å². The molecule has 0 saturated heterocycles. The van der Waals surface area contributed by atoms with Crippen LogP contribution in [0, 0.1) is 13.8 Å². The molecule has 2 heterocycles. The average Bonchev–Trinajstić information content (AvgIpc) is 2.91. The number of rotatable bonds is 6. The van der Waals surface area contributed by atoms with Crippen molar-refractivity contribution < 1.29 is 9.15 Å². The number of ether oxygens (including phenoxy) is 1. The Balaban J connectivity index is 2.02. The number of thioether (sulfide) groups is 1. The summed E-state index contributed by atoms with van der Waals surface area (Å²) in [5, 5.41) is 1.25. The van der Waals surface area contributed by atoms with Crippen LogP contribution in [0.15, 0.2) is 38.6 Å². The Kier molecular flexibility index (Phi) is 5.24. The predicted octanol–water partition coefficient (Wildman–Crippen LogP) is 3.50. The molecule has 0 fully saturated rings. The van der Waals surface area contributed by atoms with E-state index in [1.54, 1.807) is 17.7 Å². The zero-order chi connectivity index (χ0) is 18.0. The number of fused-ring (bicyclic) bond motifs is 1. The van der Waals surface area contributed by atoms with E-state index >= 15 is 0 Å². The normalized spacial score (nSPS) is 12.6. The molecule has 0 radical (unpaired) electrons. The van der Waals surface area contributed by atoms with Gasteiger partial charge >= 0.3 is 0 Å². The summed E-state index contributed by atoms with van der Waals surface area (Å²) in [7, 11) is 1.63. The number of oxazole rings is 1. The average molecular weight is 359 g/mol. The van der Waals surface area contributed by atoms with Crippen molar-refractivity contribution in [3.05, 3.63) is 52.0 Å². The fourth-order valence-corrected chi connectivity index (χ4v) is 3.60. The largest absolute Gasteiger partial charge is 0.445 e. The summed E-state index contributed by atoms with van der Waals surface area (Å²) in [5.74, 6) is 1.96. The van der Waals surface area contributed by atoms with Crippen LogP contribution in [0.1, 0.15) is 30.3 Å². The minimum atomic E-state index is -0.120. The molecule has 2 aromatic heterocycles. The summed E-state index contributed by atoms with van der Waals surface area (Å²) in [6.45, 7) is 6.19. The molecule has 0 bridgehead atoms. The smallest absolute Gasteiger partial charge is 0.262 e. The third-order valence-electron chi connectivity index (χ3n) is 4.02. The highest BCUT2D eigenvalue weighted by atomic mass is 32.2. The first-order valence-electron chi connectivity index (χ1n) is 8.07. The second-order valence-corrected chi connectivity index (χ2v) is 6.87. The van der Waals surface area contributed by atoms with Gasteiger partial charge in [-0.25, -0.2) is 9.97 Å². The molecule has 0 aliphatic carbocycles. The maximum Gasteiger partial charge on any atom is 0.262 e. The summed E-state index contributed by atoms with van der Waals surface area (Å²) in [6, 6.07) is 7.27. The maximum absolute atomic E-state index is 13.0. The van der Waals surface area contributed by atoms with E-state index in [9.17, 15) is 4.79 Å². The van der Waals surface area contributed by atoms with Gasteiger partial charge in [0, 0.05) is 7.11 Å². The second kappa shape index (κ2) is 7.41. The molecular formula is C18H21N3O3S. The number of para-hydroxylation sites is 1. The highest BCUT2D eigenvalue weighted by molar-refractivity contribution is 7.98. The molecule has 1 atom stereocenters. The van der Waals surface area contributed by atoms with Gasteiger partial charge in [0.1, 0.15) is 5.76 Å². The van der Waals surface area contributed by atoms with Crippen LogP contribution in [-0.4, -0.2) is 28.3 Å². The first-order valence-corrected chi connectivity index (χ1v) is 9.05. The minimum absolute atomic E-state index is 0.0579. The predicted molar refractivity (Wildman–Crippen MR) is 98.1 cm³/mol. The minimum Gasteiger partial charge on any atom is -0.445 e. The summed E-state index contributed by atoms with van der Waals surface area (Å²) in [5.41, 5.74) is 1.51. The van der Waals surface area contributed by atoms with E-state index in [2.05, 4.69) is 9.97 Å². The topological polar surface area (TPSA) is 70.2 Å². The lowest BCUT2D eigenvalue weighted by Crippen LogP contribution is -2.28. The van der Waals surface area contributed by atoms with E-state index in [-0.39, 0.29) is 11.6 Å². The highest BCUT2D eigenvalue weighted by Crippen LogP contribution is 2.25. The summed E-state index contributed by atoms with van der Waals surface area (Å²) in [4.78, 5) is 22.0. The Morgan fingerprint density at radius 3 is 2.72 bits per heavy atom. The Hall–Kier alpha value is -2.12. The van der Waals surface area contributed by atoms with Crippen molar-refractivity contribution in [3.8, 4) is 0 Å². The number of aryl methyl sites for hydroxylation is 2. The molecule has 0 aliphatic rings. The molecule has 0 spiro atoms. The Labute approximate surface area is 150 Å². The van der Waals surface area contributed by atoms with Crippen LogP contribution in [0.3, 0.4) is 0 Å². The fourth-order valence-electron chi connectivity index (χ4n) is 2.66. The van der Waals surface area contributed by atoms with Gasteiger partial charge in [-0.05, 0) is 32.9 Å². The summed E-state index contributed by atoms with van der Waals surface area (Å²) < 4.78 is 12.6. The van der Waals surface area contributed by atoms with Gasteiger partial charge in [0.05, 0.1) is 35.0 Å². The zero-order valence-electron chi connectivity index (χ0n) is 14.8. The van der Waals surface area contributed by atoms with Crippen LogP contribution in [0.25, 0.3) is 10.9 Å². The van der Waals surface area contributed by atoms with Crippen molar-refractivity contribution in [2.24, 2.45) is 0 Å². The van der Waals surface area contributed by atoms with Gasteiger partial charge in [-0.15, -0.1) is 0 Å². The van der Waals surface area contributed by atoms with E-state index < -0.39 is 0 Å². The summed E-state index contributed by atoms with van der Waals surface area (Å²) in [6.07, 6.45) is 0. The standard InChI is InChI=1S/C18H21N3O3S/c1-11(9-23-4)21-17(22)14-7-5-6-8-15(14)20-18(21)25-10-16-19-12(2)13(3)24-16/h5-8,11H,9-10H2,1-4H3/t11-/m1/s1. The van der Waals surface area contributed by atoms with Crippen molar-refractivity contribution in [1.82, 2.24) is 14.5 Å². The van der Waals surface area contributed by atoms with Gasteiger partial charge in [0.15, 0.2) is 5.16 Å². The van der Waals surface area contributed by atoms with Gasteiger partial charge < -0.3 is 9.15 Å². The number of nitrogens with zero attached hydrogens (tertiary/aromatic N) is 3. The first kappa shape index (κ1) is 17.7. The van der Waals surface area contributed by atoms with Crippen molar-refractivity contribution in [1.29, 1.82) is 0 Å². The van der Waals surface area contributed by atoms with E-state index in [4.69, 9.17) is 9.15 Å². The van der Waals surface area contributed by atoms with E-state index in [1.165, 1.54) is 11.8 Å². The Morgan fingerprint density at radius 2 is 2.04 bits per heavy atom. The second-order valence-electron chi connectivity index (χ2n) is 5.93. The van der Waals surface area contributed by atoms with Crippen LogP contribution in [0.5, 0.6) is 0 Å². The molecule has 0 N–H and O–H groups in total. The number of methoxy groups -OCH3 is 1. The van der Waals surface area contributed by atoms with E-state index in [1.807, 2.05) is 39.0 Å². The van der Waals surface area contributed by atoms with Gasteiger partial charge in [-0.1, -0.05) is 23.9 Å².